The fraction of sp³-hybridized carbons (Fsp3) is 0.519. The predicted molar refractivity (Wildman–Crippen MR) is 137 cm³/mol. The van der Waals surface area contributed by atoms with Gasteiger partial charge in [-0.25, -0.2) is 4.79 Å². The van der Waals surface area contributed by atoms with Crippen molar-refractivity contribution >= 4 is 14.2 Å². The number of nitrogens with zero attached hydrogens (tertiary/aromatic N) is 2. The summed E-state index contributed by atoms with van der Waals surface area (Å²) in [5.41, 5.74) is 1.27. The minimum absolute atomic E-state index is 0.148. The van der Waals surface area contributed by atoms with Crippen molar-refractivity contribution in [3.8, 4) is 0 Å². The summed E-state index contributed by atoms with van der Waals surface area (Å²) in [6.45, 7) is 17.5. The van der Waals surface area contributed by atoms with Crippen LogP contribution in [0.2, 0.25) is 19.6 Å². The van der Waals surface area contributed by atoms with E-state index in [1.807, 2.05) is 39.8 Å². The Labute approximate surface area is 200 Å². The van der Waals surface area contributed by atoms with E-state index in [9.17, 15) is 4.79 Å². The molecule has 6 heteroatoms. The maximum Gasteiger partial charge on any atom is 0.412 e. The lowest BCUT2D eigenvalue weighted by Crippen LogP contribution is -2.56. The average Bonchev–Trinajstić information content (AvgIpc) is 2.95. The molecule has 1 aliphatic heterocycles. The van der Waals surface area contributed by atoms with Gasteiger partial charge in [0.15, 0.2) is 0 Å². The van der Waals surface area contributed by atoms with E-state index in [1.54, 1.807) is 4.90 Å². The van der Waals surface area contributed by atoms with Crippen LogP contribution in [0.15, 0.2) is 60.7 Å². The third kappa shape index (κ3) is 6.68. The number of hydrogen-bond donors (Lipinski definition) is 0. The van der Waals surface area contributed by atoms with E-state index in [1.165, 1.54) is 11.1 Å². The highest BCUT2D eigenvalue weighted by Crippen LogP contribution is 2.35. The normalized spacial score (nSPS) is 18.4. The van der Waals surface area contributed by atoms with E-state index in [0.717, 1.165) is 13.1 Å². The van der Waals surface area contributed by atoms with Crippen LogP contribution in [0.1, 0.15) is 38.8 Å². The van der Waals surface area contributed by atoms with E-state index in [2.05, 4.69) is 73.1 Å². The minimum Gasteiger partial charge on any atom is -0.449 e. The van der Waals surface area contributed by atoms with Crippen molar-refractivity contribution in [2.75, 3.05) is 13.2 Å². The summed E-state index contributed by atoms with van der Waals surface area (Å²) in [7, 11) is -1.84. The largest absolute Gasteiger partial charge is 0.449 e. The Balaban J connectivity index is 1.82. The molecular formula is C27H40N2O3Si. The van der Waals surface area contributed by atoms with E-state index < -0.39 is 19.3 Å². The van der Waals surface area contributed by atoms with Gasteiger partial charge in [0, 0.05) is 19.6 Å². The van der Waals surface area contributed by atoms with Crippen LogP contribution < -0.4 is 0 Å². The fourth-order valence-corrected chi connectivity index (χ4v) is 5.70. The molecule has 0 saturated carbocycles. The number of benzene rings is 2. The topological polar surface area (TPSA) is 42.0 Å². The van der Waals surface area contributed by atoms with Gasteiger partial charge in [-0.2, -0.15) is 0 Å². The second kappa shape index (κ2) is 10.00. The maximum absolute atomic E-state index is 13.5. The quantitative estimate of drug-likeness (QED) is 0.451. The van der Waals surface area contributed by atoms with Gasteiger partial charge in [-0.1, -0.05) is 80.3 Å². The summed E-state index contributed by atoms with van der Waals surface area (Å²) in [4.78, 5) is 17.6. The average molecular weight is 469 g/mol. The van der Waals surface area contributed by atoms with Crippen molar-refractivity contribution in [1.82, 2.24) is 9.80 Å². The van der Waals surface area contributed by atoms with Gasteiger partial charge in [0.1, 0.15) is 11.5 Å². The van der Waals surface area contributed by atoms with Crippen molar-refractivity contribution < 1.29 is 14.3 Å². The maximum atomic E-state index is 13.5. The second-order valence-electron chi connectivity index (χ2n) is 11.3. The highest BCUT2D eigenvalue weighted by Gasteiger charge is 2.50. The zero-order valence-electron chi connectivity index (χ0n) is 21.3. The Bertz CT molecular complexity index is 852. The molecular weight excluding hydrogens is 428 g/mol. The third-order valence-electron chi connectivity index (χ3n) is 6.24. The molecule has 0 aliphatic carbocycles. The molecule has 1 heterocycles. The standard InChI is InChI=1S/C27H40N2O3Si/c1-26(2)21-31-27(3,4)29(26)25(30)32-24(33(5,6)7)20-28(18-22-14-10-8-11-15-22)19-23-16-12-9-13-17-23/h8-17,24H,18-21H2,1-7H3/t24-/m1/s1. The van der Waals surface area contributed by atoms with E-state index in [0.29, 0.717) is 13.2 Å². The molecule has 0 aromatic heterocycles. The number of carbonyl (C=O) groups excluding carboxylic acids is 1. The molecule has 2 aromatic rings. The van der Waals surface area contributed by atoms with Crippen LogP contribution in [0, 0.1) is 0 Å². The summed E-state index contributed by atoms with van der Waals surface area (Å²) in [5, 5.41) is 0. The molecule has 0 radical (unpaired) electrons. The highest BCUT2D eigenvalue weighted by molar-refractivity contribution is 6.77. The number of ether oxygens (including phenoxy) is 2. The van der Waals surface area contributed by atoms with Gasteiger partial charge >= 0.3 is 6.09 Å². The zero-order valence-corrected chi connectivity index (χ0v) is 22.3. The van der Waals surface area contributed by atoms with Gasteiger partial charge < -0.3 is 9.47 Å². The van der Waals surface area contributed by atoms with Crippen LogP contribution in [-0.4, -0.2) is 54.1 Å². The van der Waals surface area contributed by atoms with Crippen molar-refractivity contribution in [1.29, 1.82) is 0 Å². The number of hydrogen-bond acceptors (Lipinski definition) is 4. The predicted octanol–water partition coefficient (Wildman–Crippen LogP) is 5.92. The van der Waals surface area contributed by atoms with Crippen molar-refractivity contribution in [3.63, 3.8) is 0 Å². The van der Waals surface area contributed by atoms with Crippen LogP contribution >= 0.6 is 0 Å². The van der Waals surface area contributed by atoms with Gasteiger partial charge in [-0.15, -0.1) is 0 Å². The summed E-state index contributed by atoms with van der Waals surface area (Å²) in [5.74, 6) is 0. The molecule has 1 fully saturated rings. The van der Waals surface area contributed by atoms with E-state index in [4.69, 9.17) is 9.47 Å². The van der Waals surface area contributed by atoms with Crippen molar-refractivity contribution in [3.05, 3.63) is 71.8 Å². The number of amides is 1. The Morgan fingerprint density at radius 2 is 1.45 bits per heavy atom. The lowest BCUT2D eigenvalue weighted by Gasteiger charge is -2.40. The number of carbonyl (C=O) groups is 1. The van der Waals surface area contributed by atoms with Gasteiger partial charge in [-0.05, 0) is 38.8 Å². The lowest BCUT2D eigenvalue weighted by molar-refractivity contribution is -0.0558. The molecule has 1 atom stereocenters. The van der Waals surface area contributed by atoms with Crippen molar-refractivity contribution in [2.45, 2.75) is 77.4 Å². The zero-order chi connectivity index (χ0) is 24.3. The van der Waals surface area contributed by atoms with E-state index >= 15 is 0 Å². The van der Waals surface area contributed by atoms with Gasteiger partial charge in [0.05, 0.1) is 20.2 Å². The van der Waals surface area contributed by atoms with Crippen molar-refractivity contribution in [2.24, 2.45) is 0 Å². The molecule has 180 valence electrons. The molecule has 1 aliphatic rings. The van der Waals surface area contributed by atoms with Crippen LogP contribution in [0.3, 0.4) is 0 Å². The molecule has 0 N–H and O–H groups in total. The first-order valence-electron chi connectivity index (χ1n) is 11.8. The number of rotatable bonds is 8. The Morgan fingerprint density at radius 1 is 0.970 bits per heavy atom. The Morgan fingerprint density at radius 3 is 1.85 bits per heavy atom. The Hall–Kier alpha value is -2.15. The van der Waals surface area contributed by atoms with Crippen LogP contribution in [0.4, 0.5) is 4.79 Å². The van der Waals surface area contributed by atoms with Gasteiger partial charge in [0.2, 0.25) is 0 Å². The molecule has 0 unspecified atom stereocenters. The summed E-state index contributed by atoms with van der Waals surface area (Å²) in [6, 6.07) is 21.0. The van der Waals surface area contributed by atoms with Crippen LogP contribution in [-0.2, 0) is 22.6 Å². The highest BCUT2D eigenvalue weighted by atomic mass is 28.3. The van der Waals surface area contributed by atoms with Crippen LogP contribution in [0.25, 0.3) is 0 Å². The third-order valence-corrected chi connectivity index (χ3v) is 8.47. The Kier molecular flexibility index (Phi) is 7.71. The fourth-order valence-electron chi connectivity index (χ4n) is 4.44. The molecule has 1 amide bonds. The molecule has 5 nitrogen and oxygen atoms in total. The minimum atomic E-state index is -1.84. The van der Waals surface area contributed by atoms with Crippen LogP contribution in [0.5, 0.6) is 0 Å². The summed E-state index contributed by atoms with van der Waals surface area (Å²) >= 11 is 0. The molecule has 33 heavy (non-hydrogen) atoms. The van der Waals surface area contributed by atoms with Gasteiger partial charge in [0.25, 0.3) is 0 Å². The SMILES string of the molecule is CC1(C)COC(C)(C)N1C(=O)O[C@@H](CN(Cc1ccccc1)Cc1ccccc1)[Si](C)(C)C. The molecule has 0 bridgehead atoms. The first-order chi connectivity index (χ1) is 15.4. The van der Waals surface area contributed by atoms with E-state index in [-0.39, 0.29) is 11.8 Å². The second-order valence-corrected chi connectivity index (χ2v) is 16.6. The summed E-state index contributed by atoms with van der Waals surface area (Å²) < 4.78 is 12.2. The first-order valence-corrected chi connectivity index (χ1v) is 15.4. The smallest absolute Gasteiger partial charge is 0.412 e. The monoisotopic (exact) mass is 468 g/mol. The molecule has 2 aromatic carbocycles. The molecule has 1 saturated heterocycles. The van der Waals surface area contributed by atoms with Gasteiger partial charge in [-0.3, -0.25) is 9.80 Å². The molecule has 3 rings (SSSR count). The lowest BCUT2D eigenvalue weighted by atomic mass is 10.0. The first kappa shape index (κ1) is 25.5. The summed E-state index contributed by atoms with van der Waals surface area (Å²) in [6.07, 6.45) is -0.283. The molecule has 0 spiro atoms.